The zero-order chi connectivity index (χ0) is 12.1. The van der Waals surface area contributed by atoms with Crippen molar-refractivity contribution >= 4 is 29.1 Å². The Labute approximate surface area is 103 Å². The minimum atomic E-state index is -1.48. The molecule has 2 N–H and O–H groups in total. The predicted molar refractivity (Wildman–Crippen MR) is 66.5 cm³/mol. The molecule has 6 heteroatoms. The highest BCUT2D eigenvalue weighted by molar-refractivity contribution is 9.10. The van der Waals surface area contributed by atoms with Gasteiger partial charge in [0.05, 0.1) is 14.2 Å². The molecule has 0 aliphatic carbocycles. The average Bonchev–Trinajstić information content (AvgIpc) is 2.26. The average molecular weight is 287 g/mol. The van der Waals surface area contributed by atoms with Crippen LogP contribution >= 0.6 is 15.9 Å². The summed E-state index contributed by atoms with van der Waals surface area (Å²) in [4.78, 5) is 0. The van der Waals surface area contributed by atoms with Crippen LogP contribution in [0.1, 0.15) is 5.56 Å². The molecule has 0 unspecified atom stereocenters. The largest absolute Gasteiger partial charge is 0.495 e. The highest BCUT2D eigenvalue weighted by Crippen LogP contribution is 2.37. The molecular weight excluding hydrogens is 275 g/mol. The van der Waals surface area contributed by atoms with Gasteiger partial charge >= 0.3 is 7.12 Å². The van der Waals surface area contributed by atoms with Crippen LogP contribution < -0.4 is 9.47 Å². The van der Waals surface area contributed by atoms with Gasteiger partial charge in [-0.25, -0.2) is 0 Å². The van der Waals surface area contributed by atoms with E-state index in [0.717, 1.165) is 5.56 Å². The molecular formula is C10H12BBrO4. The molecule has 0 amide bonds. The van der Waals surface area contributed by atoms with Crippen molar-refractivity contribution in [3.63, 3.8) is 0 Å². The lowest BCUT2D eigenvalue weighted by Gasteiger charge is -2.10. The number of benzene rings is 1. The van der Waals surface area contributed by atoms with Crippen molar-refractivity contribution in [1.82, 2.24) is 0 Å². The molecule has 0 saturated carbocycles. The molecule has 0 spiro atoms. The van der Waals surface area contributed by atoms with Gasteiger partial charge in [-0.3, -0.25) is 0 Å². The first-order valence-corrected chi connectivity index (χ1v) is 5.34. The van der Waals surface area contributed by atoms with Crippen LogP contribution in [-0.2, 0) is 0 Å². The van der Waals surface area contributed by atoms with Crippen LogP contribution in [0.2, 0.25) is 0 Å². The van der Waals surface area contributed by atoms with Gasteiger partial charge in [-0.2, -0.15) is 0 Å². The monoisotopic (exact) mass is 286 g/mol. The summed E-state index contributed by atoms with van der Waals surface area (Å²) in [6.07, 6.45) is 1.56. The first-order valence-electron chi connectivity index (χ1n) is 4.55. The lowest BCUT2D eigenvalue weighted by atomic mass is 9.90. The van der Waals surface area contributed by atoms with Crippen LogP contribution in [0, 0.1) is 0 Å². The van der Waals surface area contributed by atoms with Gasteiger partial charge in [-0.15, -0.1) is 0 Å². The maximum Gasteiger partial charge on any atom is 0.480 e. The third-order valence-corrected chi connectivity index (χ3v) is 2.71. The molecule has 1 aromatic carbocycles. The maximum atomic E-state index is 8.74. The molecule has 1 aromatic rings. The van der Waals surface area contributed by atoms with Crippen molar-refractivity contribution in [2.75, 3.05) is 14.2 Å². The Hall–Kier alpha value is -0.975. The van der Waals surface area contributed by atoms with Crippen LogP contribution in [0.4, 0.5) is 0 Å². The zero-order valence-electron chi connectivity index (χ0n) is 8.98. The first kappa shape index (κ1) is 13.1. The summed E-state index contributed by atoms with van der Waals surface area (Å²) < 4.78 is 11.0. The molecule has 16 heavy (non-hydrogen) atoms. The Morgan fingerprint density at radius 1 is 1.25 bits per heavy atom. The van der Waals surface area contributed by atoms with Crippen LogP contribution in [0.3, 0.4) is 0 Å². The SMILES string of the molecule is COc1ccc(/C=C/B(O)O)c(OC)c1Br. The summed E-state index contributed by atoms with van der Waals surface area (Å²) in [5.41, 5.74) is 0.725. The highest BCUT2D eigenvalue weighted by Gasteiger charge is 2.11. The number of halogens is 1. The van der Waals surface area contributed by atoms with Gasteiger partial charge in [0.25, 0.3) is 0 Å². The van der Waals surface area contributed by atoms with Gasteiger partial charge in [0.2, 0.25) is 0 Å². The summed E-state index contributed by atoms with van der Waals surface area (Å²) in [6.45, 7) is 0. The summed E-state index contributed by atoms with van der Waals surface area (Å²) in [5, 5.41) is 17.5. The second kappa shape index (κ2) is 5.93. The Morgan fingerprint density at radius 2 is 1.94 bits per heavy atom. The van der Waals surface area contributed by atoms with Crippen molar-refractivity contribution in [1.29, 1.82) is 0 Å². The van der Waals surface area contributed by atoms with E-state index in [1.807, 2.05) is 0 Å². The van der Waals surface area contributed by atoms with E-state index in [2.05, 4.69) is 15.9 Å². The molecule has 0 aliphatic heterocycles. The molecule has 86 valence electrons. The molecule has 0 aromatic heterocycles. The Morgan fingerprint density at radius 3 is 2.44 bits per heavy atom. The summed E-state index contributed by atoms with van der Waals surface area (Å²) >= 11 is 3.35. The molecule has 0 saturated heterocycles. The number of methoxy groups -OCH3 is 2. The molecule has 4 nitrogen and oxygen atoms in total. The first-order chi connectivity index (χ1) is 7.60. The van der Waals surface area contributed by atoms with E-state index in [4.69, 9.17) is 19.5 Å². The Bertz CT molecular complexity index is 393. The Kier molecular flexibility index (Phi) is 4.85. The van der Waals surface area contributed by atoms with Gasteiger partial charge in [-0.1, -0.05) is 12.1 Å². The molecule has 0 radical (unpaired) electrons. The van der Waals surface area contributed by atoms with E-state index in [0.29, 0.717) is 16.0 Å². The molecule has 0 bridgehead atoms. The molecule has 0 heterocycles. The fourth-order valence-electron chi connectivity index (χ4n) is 1.24. The van der Waals surface area contributed by atoms with Gasteiger partial charge in [0.1, 0.15) is 16.0 Å². The minimum Gasteiger partial charge on any atom is -0.495 e. The minimum absolute atomic E-state index is 0.580. The smallest absolute Gasteiger partial charge is 0.480 e. The van der Waals surface area contributed by atoms with E-state index in [1.54, 1.807) is 25.3 Å². The quantitative estimate of drug-likeness (QED) is 0.824. The predicted octanol–water partition coefficient (Wildman–Crippen LogP) is 1.49. The van der Waals surface area contributed by atoms with Crippen molar-refractivity contribution in [3.8, 4) is 11.5 Å². The van der Waals surface area contributed by atoms with Crippen LogP contribution in [0.15, 0.2) is 22.6 Å². The third-order valence-electron chi connectivity index (χ3n) is 1.96. The van der Waals surface area contributed by atoms with Crippen molar-refractivity contribution in [2.24, 2.45) is 0 Å². The van der Waals surface area contributed by atoms with Crippen LogP contribution in [0.5, 0.6) is 11.5 Å². The standard InChI is InChI=1S/C10H12BBrO4/c1-15-8-4-3-7(5-6-11(13)14)10(16-2)9(8)12/h3-6,13-14H,1-2H3/b6-5+. The summed E-state index contributed by atoms with van der Waals surface area (Å²) in [7, 11) is 1.62. The van der Waals surface area contributed by atoms with E-state index in [9.17, 15) is 0 Å². The van der Waals surface area contributed by atoms with Gasteiger partial charge in [0, 0.05) is 5.56 Å². The lowest BCUT2D eigenvalue weighted by Crippen LogP contribution is -2.05. The van der Waals surface area contributed by atoms with Gasteiger partial charge < -0.3 is 19.5 Å². The van der Waals surface area contributed by atoms with E-state index >= 15 is 0 Å². The van der Waals surface area contributed by atoms with Crippen molar-refractivity contribution in [3.05, 3.63) is 28.1 Å². The fraction of sp³-hybridized carbons (Fsp3) is 0.200. The summed E-state index contributed by atoms with van der Waals surface area (Å²) in [6, 6.07) is 3.53. The second-order valence-electron chi connectivity index (χ2n) is 2.98. The zero-order valence-corrected chi connectivity index (χ0v) is 10.6. The summed E-state index contributed by atoms with van der Waals surface area (Å²) in [5.74, 6) is 2.48. The molecule has 1 rings (SSSR count). The topological polar surface area (TPSA) is 58.9 Å². The van der Waals surface area contributed by atoms with E-state index in [-0.39, 0.29) is 0 Å². The number of hydrogen-bond donors (Lipinski definition) is 2. The van der Waals surface area contributed by atoms with E-state index in [1.165, 1.54) is 13.1 Å². The normalized spacial score (nSPS) is 10.6. The molecule has 0 aliphatic rings. The van der Waals surface area contributed by atoms with Gasteiger partial charge in [-0.05, 0) is 28.1 Å². The van der Waals surface area contributed by atoms with Crippen LogP contribution in [-0.4, -0.2) is 31.4 Å². The number of hydrogen-bond acceptors (Lipinski definition) is 4. The molecule has 0 fully saturated rings. The molecule has 0 atom stereocenters. The Balaban J connectivity index is 3.15. The second-order valence-corrected chi connectivity index (χ2v) is 3.77. The van der Waals surface area contributed by atoms with Crippen molar-refractivity contribution < 1.29 is 19.5 Å². The maximum absolute atomic E-state index is 8.74. The van der Waals surface area contributed by atoms with E-state index < -0.39 is 7.12 Å². The lowest BCUT2D eigenvalue weighted by molar-refractivity contribution is 0.389. The van der Waals surface area contributed by atoms with Gasteiger partial charge in [0.15, 0.2) is 0 Å². The fourth-order valence-corrected chi connectivity index (χ4v) is 1.92. The van der Waals surface area contributed by atoms with Crippen molar-refractivity contribution in [2.45, 2.75) is 0 Å². The van der Waals surface area contributed by atoms with Crippen LogP contribution in [0.25, 0.3) is 6.08 Å². The highest BCUT2D eigenvalue weighted by atomic mass is 79.9. The third kappa shape index (κ3) is 3.01. The number of ether oxygens (including phenoxy) is 2. The number of rotatable bonds is 4.